The Labute approximate surface area is 106 Å². The summed E-state index contributed by atoms with van der Waals surface area (Å²) in [4.78, 5) is 4.73. The van der Waals surface area contributed by atoms with Crippen molar-refractivity contribution >= 4 is 0 Å². The lowest BCUT2D eigenvalue weighted by Gasteiger charge is -2.39. The lowest BCUT2D eigenvalue weighted by Crippen LogP contribution is -2.55. The van der Waals surface area contributed by atoms with Crippen molar-refractivity contribution in [2.24, 2.45) is 11.7 Å². The quantitative estimate of drug-likeness (QED) is 0.743. The Morgan fingerprint density at radius 2 is 2.00 bits per heavy atom. The van der Waals surface area contributed by atoms with Gasteiger partial charge in [0, 0.05) is 38.3 Å². The van der Waals surface area contributed by atoms with E-state index in [2.05, 4.69) is 37.7 Å². The van der Waals surface area contributed by atoms with Gasteiger partial charge in [0.15, 0.2) is 0 Å². The molecule has 0 aromatic heterocycles. The van der Waals surface area contributed by atoms with Crippen LogP contribution in [0.2, 0.25) is 0 Å². The van der Waals surface area contributed by atoms with Gasteiger partial charge >= 0.3 is 0 Å². The Balaban J connectivity index is 2.53. The predicted octanol–water partition coefficient (Wildman–Crippen LogP) is 0.622. The van der Waals surface area contributed by atoms with Crippen molar-refractivity contribution in [2.45, 2.75) is 32.4 Å². The fraction of sp³-hybridized carbons (Fsp3) is 1.00. The summed E-state index contributed by atoms with van der Waals surface area (Å²) in [6, 6.07) is 0.663. The topological polar surface area (TPSA) is 41.7 Å². The van der Waals surface area contributed by atoms with Crippen molar-refractivity contribution in [3.05, 3.63) is 0 Å². The van der Waals surface area contributed by atoms with Gasteiger partial charge in [-0.15, -0.1) is 0 Å². The van der Waals surface area contributed by atoms with Crippen molar-refractivity contribution in [1.82, 2.24) is 9.80 Å². The largest absolute Gasteiger partial charge is 0.380 e. The minimum Gasteiger partial charge on any atom is -0.380 e. The molecular weight excluding hydrogens is 214 g/mol. The van der Waals surface area contributed by atoms with Gasteiger partial charge in [0.25, 0.3) is 0 Å². The molecule has 1 heterocycles. The summed E-state index contributed by atoms with van der Waals surface area (Å²) in [6.07, 6.45) is 0.987. The highest BCUT2D eigenvalue weighted by Crippen LogP contribution is 2.14. The fourth-order valence-electron chi connectivity index (χ4n) is 2.31. The van der Waals surface area contributed by atoms with Crippen molar-refractivity contribution in [2.75, 3.05) is 46.9 Å². The van der Waals surface area contributed by atoms with Gasteiger partial charge in [-0.2, -0.15) is 0 Å². The number of ether oxygens (including phenoxy) is 1. The van der Waals surface area contributed by atoms with Crippen LogP contribution in [0, 0.1) is 5.92 Å². The van der Waals surface area contributed by atoms with Crippen molar-refractivity contribution < 1.29 is 4.74 Å². The molecule has 1 aliphatic rings. The van der Waals surface area contributed by atoms with Crippen LogP contribution in [0.25, 0.3) is 0 Å². The zero-order chi connectivity index (χ0) is 12.8. The van der Waals surface area contributed by atoms with E-state index in [1.807, 2.05) is 0 Å². The molecule has 1 fully saturated rings. The normalized spacial score (nSPS) is 26.1. The lowest BCUT2D eigenvalue weighted by atomic mass is 10.0. The predicted molar refractivity (Wildman–Crippen MR) is 72.2 cm³/mol. The molecule has 1 saturated heterocycles. The molecule has 4 nitrogen and oxygen atoms in total. The van der Waals surface area contributed by atoms with E-state index in [0.29, 0.717) is 12.0 Å². The summed E-state index contributed by atoms with van der Waals surface area (Å²) in [5.41, 5.74) is 6.23. The van der Waals surface area contributed by atoms with E-state index in [1.165, 1.54) is 0 Å². The molecule has 0 bridgehead atoms. The van der Waals surface area contributed by atoms with E-state index < -0.39 is 0 Å². The monoisotopic (exact) mass is 243 g/mol. The first-order valence-corrected chi connectivity index (χ1v) is 6.72. The zero-order valence-electron chi connectivity index (χ0n) is 11.9. The number of likely N-dealkylation sites (N-methyl/N-ethyl adjacent to an activating group) is 1. The van der Waals surface area contributed by atoms with E-state index in [9.17, 15) is 0 Å². The second-order valence-electron chi connectivity index (χ2n) is 5.79. The van der Waals surface area contributed by atoms with Crippen LogP contribution < -0.4 is 5.73 Å². The smallest absolute Gasteiger partial charge is 0.0636 e. The van der Waals surface area contributed by atoms with Crippen LogP contribution in [0.1, 0.15) is 20.3 Å². The Bertz CT molecular complexity index is 209. The number of nitrogens with two attached hydrogens (primary N) is 1. The number of nitrogens with zero attached hydrogens (tertiary/aromatic N) is 2. The average molecular weight is 243 g/mol. The van der Waals surface area contributed by atoms with Crippen molar-refractivity contribution in [3.63, 3.8) is 0 Å². The molecule has 0 saturated carbocycles. The summed E-state index contributed by atoms with van der Waals surface area (Å²) in [5.74, 6) is 0.672. The van der Waals surface area contributed by atoms with Crippen LogP contribution in [-0.4, -0.2) is 68.8 Å². The van der Waals surface area contributed by atoms with Gasteiger partial charge in [0.1, 0.15) is 0 Å². The summed E-state index contributed by atoms with van der Waals surface area (Å²) in [7, 11) is 4.23. The molecule has 0 spiro atoms. The summed E-state index contributed by atoms with van der Waals surface area (Å²) in [6.45, 7) is 9.40. The maximum absolute atomic E-state index is 6.23. The maximum atomic E-state index is 6.23. The molecule has 0 aromatic carbocycles. The van der Waals surface area contributed by atoms with Crippen LogP contribution in [0.4, 0.5) is 0 Å². The number of hydrogen-bond acceptors (Lipinski definition) is 4. The molecule has 17 heavy (non-hydrogen) atoms. The van der Waals surface area contributed by atoms with Crippen LogP contribution in [0.15, 0.2) is 0 Å². The Morgan fingerprint density at radius 3 is 2.53 bits per heavy atom. The van der Waals surface area contributed by atoms with E-state index in [1.54, 1.807) is 0 Å². The molecule has 4 heteroatoms. The molecule has 1 aliphatic heterocycles. The third kappa shape index (κ3) is 5.34. The van der Waals surface area contributed by atoms with Crippen LogP contribution in [0.3, 0.4) is 0 Å². The van der Waals surface area contributed by atoms with Gasteiger partial charge in [-0.3, -0.25) is 4.90 Å². The SMILES string of the molecule is CC(C)CN(CCN(C)C)C1COCCC1N. The second kappa shape index (κ2) is 7.31. The highest BCUT2D eigenvalue weighted by Gasteiger charge is 2.28. The zero-order valence-corrected chi connectivity index (χ0v) is 11.9. The highest BCUT2D eigenvalue weighted by molar-refractivity contribution is 4.85. The molecule has 2 unspecified atom stereocenters. The molecule has 0 aromatic rings. The summed E-state index contributed by atoms with van der Waals surface area (Å²) in [5, 5.41) is 0. The molecule has 2 N–H and O–H groups in total. The Hall–Kier alpha value is -0.160. The first kappa shape index (κ1) is 14.9. The van der Waals surface area contributed by atoms with Crippen LogP contribution >= 0.6 is 0 Å². The molecule has 0 radical (unpaired) electrons. The van der Waals surface area contributed by atoms with Gasteiger partial charge in [-0.05, 0) is 26.4 Å². The highest BCUT2D eigenvalue weighted by atomic mass is 16.5. The minimum atomic E-state index is 0.268. The molecular formula is C13H29N3O. The maximum Gasteiger partial charge on any atom is 0.0636 e. The van der Waals surface area contributed by atoms with Gasteiger partial charge in [-0.1, -0.05) is 13.8 Å². The Kier molecular flexibility index (Phi) is 6.41. The van der Waals surface area contributed by atoms with Gasteiger partial charge in [-0.25, -0.2) is 0 Å². The molecule has 2 atom stereocenters. The van der Waals surface area contributed by atoms with Crippen LogP contribution in [0.5, 0.6) is 0 Å². The van der Waals surface area contributed by atoms with E-state index in [0.717, 1.165) is 39.3 Å². The molecule has 1 rings (SSSR count). The number of hydrogen-bond donors (Lipinski definition) is 1. The van der Waals surface area contributed by atoms with Crippen LogP contribution in [-0.2, 0) is 4.74 Å². The fourth-order valence-corrected chi connectivity index (χ4v) is 2.31. The first-order valence-electron chi connectivity index (χ1n) is 6.72. The van der Waals surface area contributed by atoms with Crippen molar-refractivity contribution in [3.8, 4) is 0 Å². The minimum absolute atomic E-state index is 0.268. The summed E-state index contributed by atoms with van der Waals surface area (Å²) < 4.78 is 5.59. The van der Waals surface area contributed by atoms with E-state index in [4.69, 9.17) is 10.5 Å². The van der Waals surface area contributed by atoms with Gasteiger partial charge in [0.05, 0.1) is 6.61 Å². The molecule has 0 aliphatic carbocycles. The first-order chi connectivity index (χ1) is 8.00. The Morgan fingerprint density at radius 1 is 1.29 bits per heavy atom. The second-order valence-corrected chi connectivity index (χ2v) is 5.79. The number of rotatable bonds is 6. The van der Waals surface area contributed by atoms with E-state index in [-0.39, 0.29) is 6.04 Å². The third-order valence-corrected chi connectivity index (χ3v) is 3.28. The molecule has 0 amide bonds. The molecule has 102 valence electrons. The van der Waals surface area contributed by atoms with Crippen molar-refractivity contribution in [1.29, 1.82) is 0 Å². The van der Waals surface area contributed by atoms with Gasteiger partial charge < -0.3 is 15.4 Å². The van der Waals surface area contributed by atoms with E-state index >= 15 is 0 Å². The van der Waals surface area contributed by atoms with Gasteiger partial charge in [0.2, 0.25) is 0 Å². The summed E-state index contributed by atoms with van der Waals surface area (Å²) >= 11 is 0. The average Bonchev–Trinajstić information content (AvgIpc) is 2.24. The standard InChI is InChI=1S/C13H29N3O/c1-11(2)9-16(7-6-15(3)4)13-10-17-8-5-12(13)14/h11-13H,5-10,14H2,1-4H3. The lowest BCUT2D eigenvalue weighted by molar-refractivity contribution is -0.0000350. The third-order valence-electron chi connectivity index (χ3n) is 3.28.